The number of hydrogen-bond acceptors (Lipinski definition) is 6. The van der Waals surface area contributed by atoms with E-state index in [2.05, 4.69) is 32.0 Å². The summed E-state index contributed by atoms with van der Waals surface area (Å²) in [7, 11) is 6.88. The number of nitrogens with zero attached hydrogens (tertiary/aromatic N) is 4. The second kappa shape index (κ2) is 17.8. The zero-order valence-corrected chi connectivity index (χ0v) is 18.0. The van der Waals surface area contributed by atoms with E-state index in [4.69, 9.17) is 0 Å². The first-order valence-electron chi connectivity index (χ1n) is 9.07. The molecule has 0 aliphatic heterocycles. The fraction of sp³-hybridized carbons (Fsp3) is 0.875. The van der Waals surface area contributed by atoms with E-state index in [-0.39, 0.29) is 18.4 Å². The van der Waals surface area contributed by atoms with E-state index in [1.165, 1.54) is 0 Å². The molecular weight excluding hydrogens is 366 g/mol. The molecule has 0 aliphatic rings. The number of thioether (sulfide) groups is 2. The number of carbonyl (C=O) groups excluding carboxylic acids is 2. The maximum absolute atomic E-state index is 12.3. The Morgan fingerprint density at radius 2 is 1.62 bits per heavy atom. The van der Waals surface area contributed by atoms with Gasteiger partial charge in [0.25, 0.3) is 0 Å². The van der Waals surface area contributed by atoms with E-state index < -0.39 is 0 Å². The molecule has 0 aromatic rings. The third-order valence-electron chi connectivity index (χ3n) is 3.79. The number of amides is 2. The zero-order valence-electron chi connectivity index (χ0n) is 16.3. The van der Waals surface area contributed by atoms with Gasteiger partial charge in [-0.25, -0.2) is 0 Å². The van der Waals surface area contributed by atoms with Gasteiger partial charge in [-0.1, -0.05) is 0 Å². The van der Waals surface area contributed by atoms with Crippen molar-refractivity contribution in [1.82, 2.24) is 9.80 Å². The van der Waals surface area contributed by atoms with E-state index in [1.54, 1.807) is 23.5 Å². The maximum atomic E-state index is 12.3. The molecule has 0 aromatic heterocycles. The molecule has 6 nitrogen and oxygen atoms in total. The van der Waals surface area contributed by atoms with Gasteiger partial charge >= 0.3 is 169 Å². The van der Waals surface area contributed by atoms with Crippen LogP contribution in [0.5, 0.6) is 0 Å². The van der Waals surface area contributed by atoms with Crippen molar-refractivity contribution in [2.75, 3.05) is 62.8 Å². The van der Waals surface area contributed by atoms with Gasteiger partial charge in [-0.2, -0.15) is 0 Å². The van der Waals surface area contributed by atoms with Gasteiger partial charge in [-0.15, -0.1) is 0 Å². The summed E-state index contributed by atoms with van der Waals surface area (Å²) < 4.78 is 0. The molecule has 0 aliphatic carbocycles. The van der Waals surface area contributed by atoms with Crippen molar-refractivity contribution >= 4 is 50.6 Å². The molecule has 0 saturated carbocycles. The first-order chi connectivity index (χ1) is 12.6. The number of rotatable bonds is 17. The molecule has 0 fully saturated rings. The molecule has 0 atom stereocenters. The van der Waals surface area contributed by atoms with Gasteiger partial charge in [0.15, 0.2) is 0 Å². The fourth-order valence-corrected chi connectivity index (χ4v) is 3.53. The van der Waals surface area contributed by atoms with Gasteiger partial charge in [0, 0.05) is 0 Å². The Morgan fingerprint density at radius 3 is 2.23 bits per heavy atom. The normalized spacial score (nSPS) is 10.3. The topological polar surface area (TPSA) is 65.3 Å². The van der Waals surface area contributed by atoms with Crippen molar-refractivity contribution in [2.24, 2.45) is 9.79 Å². The Bertz CT molecular complexity index is 431. The second-order valence-electron chi connectivity index (χ2n) is 5.80. The molecule has 146 valence electrons. The molecule has 0 radical (unpaired) electrons. The predicted octanol–water partition coefficient (Wildman–Crippen LogP) is 1.10. The van der Waals surface area contributed by atoms with Crippen molar-refractivity contribution in [3.8, 4) is 0 Å². The molecule has 0 bridgehead atoms. The minimum absolute atomic E-state index is 0.0327. The minimum atomic E-state index is 0.0327. The molecule has 26 heavy (non-hydrogen) atoms. The van der Waals surface area contributed by atoms with Crippen LogP contribution in [0.3, 0.4) is 0 Å². The van der Waals surface area contributed by atoms with Gasteiger partial charge in [-0.05, 0) is 0 Å². The molecule has 0 spiro atoms. The monoisotopic (exact) mass is 398 g/mol. The molecule has 0 rings (SSSR count). The predicted molar refractivity (Wildman–Crippen MR) is 117 cm³/mol. The van der Waals surface area contributed by atoms with Gasteiger partial charge in [0.1, 0.15) is 0 Å². The summed E-state index contributed by atoms with van der Waals surface area (Å²) in [6, 6.07) is 0. The third kappa shape index (κ3) is 12.7. The molecular formula is C16H32B2N4O2S2. The molecule has 0 N–H and O–H groups in total. The van der Waals surface area contributed by atoms with E-state index in [1.807, 2.05) is 16.1 Å². The first kappa shape index (κ1) is 25.4. The first-order valence-corrected chi connectivity index (χ1v) is 11.6. The van der Waals surface area contributed by atoms with Crippen molar-refractivity contribution < 1.29 is 9.59 Å². The molecule has 0 saturated heterocycles. The number of carbonyl (C=O) groups is 2. The summed E-state index contributed by atoms with van der Waals surface area (Å²) in [5.74, 6) is 2.74. The van der Waals surface area contributed by atoms with E-state index in [0.29, 0.717) is 26.1 Å². The van der Waals surface area contributed by atoms with E-state index in [0.717, 1.165) is 43.2 Å². The Balaban J connectivity index is 4.17. The summed E-state index contributed by atoms with van der Waals surface area (Å²) in [4.78, 5) is 35.6. The van der Waals surface area contributed by atoms with Crippen LogP contribution in [0, 0.1) is 0 Å². The van der Waals surface area contributed by atoms with Crippen molar-refractivity contribution in [3.05, 3.63) is 0 Å². The number of hydrogen-bond donors (Lipinski definition) is 0. The summed E-state index contributed by atoms with van der Waals surface area (Å²) in [6.45, 7) is 5.70. The Labute approximate surface area is 168 Å². The Hall–Kier alpha value is -0.630. The van der Waals surface area contributed by atoms with Crippen LogP contribution in [0.25, 0.3) is 0 Å². The van der Waals surface area contributed by atoms with Crippen LogP contribution in [-0.2, 0) is 9.59 Å². The molecule has 2 amide bonds. The summed E-state index contributed by atoms with van der Waals surface area (Å²) in [6.07, 6.45) is 4.61. The van der Waals surface area contributed by atoms with Crippen LogP contribution in [0.15, 0.2) is 9.79 Å². The molecule has 10 heteroatoms. The van der Waals surface area contributed by atoms with Crippen molar-refractivity contribution in [2.45, 2.75) is 26.2 Å². The molecule has 0 aromatic carbocycles. The van der Waals surface area contributed by atoms with Crippen LogP contribution in [0.4, 0.5) is 0 Å². The SMILES string of the molecule is B=NCCN(CCSC)C(=O)CCSCCN(CCCC)C(=O)CN=B. The summed E-state index contributed by atoms with van der Waals surface area (Å²) in [5, 5.41) is 0. The van der Waals surface area contributed by atoms with Crippen LogP contribution in [0.2, 0.25) is 0 Å². The molecule has 0 heterocycles. The Morgan fingerprint density at radius 1 is 0.923 bits per heavy atom. The van der Waals surface area contributed by atoms with Gasteiger partial charge in [-0.3, -0.25) is 0 Å². The van der Waals surface area contributed by atoms with Crippen LogP contribution < -0.4 is 0 Å². The van der Waals surface area contributed by atoms with Crippen LogP contribution in [0.1, 0.15) is 26.2 Å². The molecule has 0 unspecified atom stereocenters. The van der Waals surface area contributed by atoms with Crippen LogP contribution in [-0.4, -0.2) is 99.7 Å². The van der Waals surface area contributed by atoms with Gasteiger partial charge in [0.05, 0.1) is 0 Å². The van der Waals surface area contributed by atoms with Crippen molar-refractivity contribution in [1.29, 1.82) is 0 Å². The van der Waals surface area contributed by atoms with E-state index >= 15 is 0 Å². The second-order valence-corrected chi connectivity index (χ2v) is 8.01. The summed E-state index contributed by atoms with van der Waals surface area (Å²) in [5.41, 5.74) is 0. The van der Waals surface area contributed by atoms with Crippen LogP contribution >= 0.6 is 23.5 Å². The third-order valence-corrected chi connectivity index (χ3v) is 5.35. The van der Waals surface area contributed by atoms with E-state index in [9.17, 15) is 9.59 Å². The van der Waals surface area contributed by atoms with Gasteiger partial charge in [0.2, 0.25) is 0 Å². The average molecular weight is 398 g/mol. The zero-order chi connectivity index (χ0) is 19.6. The van der Waals surface area contributed by atoms with Crippen molar-refractivity contribution in [3.63, 3.8) is 0 Å². The fourth-order valence-electron chi connectivity index (χ4n) is 2.25. The van der Waals surface area contributed by atoms with Gasteiger partial charge < -0.3 is 0 Å². The number of unbranched alkanes of at least 4 members (excludes halogenated alkanes) is 1. The summed E-state index contributed by atoms with van der Waals surface area (Å²) >= 11 is 3.45. The standard InChI is InChI=1S/C16H32B2N4O2S2/c1-3-4-7-21(16(24)14-20-18)10-13-26-11-5-15(23)22(8-6-19-17)9-12-25-2/h17-18H,3-14H2,1-2H3. The Kier molecular flexibility index (Phi) is 17.3. The quantitative estimate of drug-likeness (QED) is 0.272. The average Bonchev–Trinajstić information content (AvgIpc) is 2.64.